The molecule has 2 heteroatoms. The molecule has 122 valence electrons. The Bertz CT molecular complexity index is 930. The van der Waals surface area contributed by atoms with Gasteiger partial charge in [0.2, 0.25) is 0 Å². The van der Waals surface area contributed by atoms with Crippen molar-refractivity contribution in [3.8, 4) is 0 Å². The molecule has 0 saturated heterocycles. The lowest BCUT2D eigenvalue weighted by Gasteiger charge is -2.30. The zero-order valence-corrected chi connectivity index (χ0v) is 14.3. The Kier molecular flexibility index (Phi) is 2.63. The predicted octanol–water partition coefficient (Wildman–Crippen LogP) is 5.18. The minimum Gasteiger partial charge on any atom is -0.328 e. The molecule has 2 aromatic rings. The van der Waals surface area contributed by atoms with Crippen LogP contribution in [0.5, 0.6) is 0 Å². The maximum atomic E-state index is 8.24. The van der Waals surface area contributed by atoms with Crippen LogP contribution in [0.2, 0.25) is 0 Å². The van der Waals surface area contributed by atoms with Gasteiger partial charge in [0.05, 0.1) is 11.1 Å². The Morgan fingerprint density at radius 2 is 1.71 bits per heavy atom. The first kappa shape index (κ1) is 12.0. The van der Waals surface area contributed by atoms with Gasteiger partial charge in [-0.2, -0.15) is 0 Å². The SMILES string of the molecule is [2H]C([2H])([2H])C1N2C=CC(C)(c3ccccc3)C2=C(C)N1c1ccccc1C. The van der Waals surface area contributed by atoms with Crippen LogP contribution in [0.1, 0.15) is 35.9 Å². The fourth-order valence-corrected chi connectivity index (χ4v) is 4.00. The van der Waals surface area contributed by atoms with Gasteiger partial charge >= 0.3 is 0 Å². The summed E-state index contributed by atoms with van der Waals surface area (Å²) in [6.45, 7) is 4.07. The Morgan fingerprint density at radius 1 is 1.00 bits per heavy atom. The lowest BCUT2D eigenvalue weighted by molar-refractivity contribution is 0.384. The fourth-order valence-electron chi connectivity index (χ4n) is 4.00. The van der Waals surface area contributed by atoms with Gasteiger partial charge in [-0.1, -0.05) is 54.6 Å². The highest BCUT2D eigenvalue weighted by Crippen LogP contribution is 2.49. The van der Waals surface area contributed by atoms with Crippen molar-refractivity contribution in [2.75, 3.05) is 4.90 Å². The standard InChI is InChI=1S/C22H24N2/c1-16-10-8-9-13-20(16)24-17(2)21-22(4,14-15-23(21)18(24)3)19-11-6-5-7-12-19/h5-15,18H,1-4H3/i3D3. The molecule has 24 heavy (non-hydrogen) atoms. The van der Waals surface area contributed by atoms with Gasteiger partial charge in [0.25, 0.3) is 0 Å². The van der Waals surface area contributed by atoms with E-state index in [9.17, 15) is 0 Å². The second-order valence-electron chi connectivity index (χ2n) is 6.76. The number of hydrogen-bond donors (Lipinski definition) is 0. The quantitative estimate of drug-likeness (QED) is 0.752. The van der Waals surface area contributed by atoms with Crippen LogP contribution in [-0.2, 0) is 5.41 Å². The van der Waals surface area contributed by atoms with E-state index in [2.05, 4.69) is 25.1 Å². The molecule has 2 atom stereocenters. The molecule has 0 N–H and O–H groups in total. The second kappa shape index (κ2) is 5.27. The monoisotopic (exact) mass is 319 g/mol. The van der Waals surface area contributed by atoms with Crippen LogP contribution in [0.4, 0.5) is 5.69 Å². The maximum Gasteiger partial charge on any atom is 0.107 e. The molecule has 2 aromatic carbocycles. The van der Waals surface area contributed by atoms with E-state index >= 15 is 0 Å². The van der Waals surface area contributed by atoms with E-state index in [1.54, 1.807) is 0 Å². The van der Waals surface area contributed by atoms with Gasteiger partial charge in [0.1, 0.15) is 6.17 Å². The number of benzene rings is 2. The summed E-state index contributed by atoms with van der Waals surface area (Å²) in [5.74, 6) is 0. The van der Waals surface area contributed by atoms with Crippen molar-refractivity contribution >= 4 is 5.69 Å². The van der Waals surface area contributed by atoms with Crippen molar-refractivity contribution < 1.29 is 4.11 Å². The number of nitrogens with zero attached hydrogens (tertiary/aromatic N) is 2. The molecule has 4 rings (SSSR count). The summed E-state index contributed by atoms with van der Waals surface area (Å²) in [7, 11) is 0. The zero-order chi connectivity index (χ0) is 19.4. The highest BCUT2D eigenvalue weighted by molar-refractivity contribution is 5.63. The number of fused-ring (bicyclic) bond motifs is 1. The van der Waals surface area contributed by atoms with Gasteiger partial charge in [-0.15, -0.1) is 0 Å². The van der Waals surface area contributed by atoms with E-state index in [0.717, 1.165) is 28.2 Å². The molecule has 0 saturated carbocycles. The van der Waals surface area contributed by atoms with Gasteiger partial charge in [-0.05, 0) is 44.8 Å². The average molecular weight is 319 g/mol. The largest absolute Gasteiger partial charge is 0.328 e. The van der Waals surface area contributed by atoms with Gasteiger partial charge in [0, 0.05) is 21.7 Å². The Balaban J connectivity index is 1.92. The zero-order valence-electron chi connectivity index (χ0n) is 17.3. The number of para-hydroxylation sites is 1. The number of anilines is 1. The average Bonchev–Trinajstić information content (AvgIpc) is 3.13. The van der Waals surface area contributed by atoms with E-state index in [4.69, 9.17) is 4.11 Å². The van der Waals surface area contributed by atoms with Crippen molar-refractivity contribution in [1.29, 1.82) is 0 Å². The summed E-state index contributed by atoms with van der Waals surface area (Å²) in [6, 6.07) is 18.3. The Labute approximate surface area is 148 Å². The van der Waals surface area contributed by atoms with Crippen LogP contribution in [0, 0.1) is 6.92 Å². The number of hydrogen-bond acceptors (Lipinski definition) is 2. The van der Waals surface area contributed by atoms with Crippen LogP contribution < -0.4 is 4.90 Å². The summed E-state index contributed by atoms with van der Waals surface area (Å²) >= 11 is 0. The topological polar surface area (TPSA) is 6.48 Å². The van der Waals surface area contributed by atoms with Gasteiger partial charge in [0.15, 0.2) is 0 Å². The molecule has 2 nitrogen and oxygen atoms in total. The Morgan fingerprint density at radius 3 is 2.42 bits per heavy atom. The van der Waals surface area contributed by atoms with Crippen LogP contribution in [0.25, 0.3) is 0 Å². The van der Waals surface area contributed by atoms with E-state index < -0.39 is 13.0 Å². The summed E-state index contributed by atoms with van der Waals surface area (Å²) < 4.78 is 24.7. The molecule has 2 heterocycles. The molecular formula is C22H24N2. The first-order valence-corrected chi connectivity index (χ1v) is 8.34. The first-order chi connectivity index (χ1) is 12.7. The highest BCUT2D eigenvalue weighted by Gasteiger charge is 2.46. The van der Waals surface area contributed by atoms with Crippen LogP contribution >= 0.6 is 0 Å². The highest BCUT2D eigenvalue weighted by atomic mass is 15.4. The van der Waals surface area contributed by atoms with Crippen LogP contribution in [-0.4, -0.2) is 11.1 Å². The van der Waals surface area contributed by atoms with E-state index in [0.29, 0.717) is 0 Å². The number of aryl methyl sites for hydroxylation is 1. The minimum absolute atomic E-state index is 0.355. The molecule has 2 unspecified atom stereocenters. The molecule has 2 aliphatic heterocycles. The molecular weight excluding hydrogens is 292 g/mol. The van der Waals surface area contributed by atoms with Gasteiger partial charge < -0.3 is 9.80 Å². The Hall–Kier alpha value is -2.48. The summed E-state index contributed by atoms with van der Waals surface area (Å²) in [5, 5.41) is 0. The second-order valence-corrected chi connectivity index (χ2v) is 6.76. The van der Waals surface area contributed by atoms with Gasteiger partial charge in [-0.3, -0.25) is 0 Å². The summed E-state index contributed by atoms with van der Waals surface area (Å²) in [4.78, 5) is 3.93. The van der Waals surface area contributed by atoms with Crippen LogP contribution in [0.15, 0.2) is 78.3 Å². The third-order valence-corrected chi connectivity index (χ3v) is 5.28. The lowest BCUT2D eigenvalue weighted by atomic mass is 9.80. The van der Waals surface area contributed by atoms with Crippen molar-refractivity contribution in [3.05, 3.63) is 89.4 Å². The number of rotatable bonds is 2. The lowest BCUT2D eigenvalue weighted by Crippen LogP contribution is -2.35. The summed E-state index contributed by atoms with van der Waals surface area (Å²) in [6.07, 6.45) is 3.33. The molecule has 0 amide bonds. The van der Waals surface area contributed by atoms with E-state index in [1.807, 2.05) is 72.3 Å². The van der Waals surface area contributed by atoms with E-state index in [1.165, 1.54) is 0 Å². The third-order valence-electron chi connectivity index (χ3n) is 5.28. The van der Waals surface area contributed by atoms with Crippen molar-refractivity contribution in [1.82, 2.24) is 4.90 Å². The van der Waals surface area contributed by atoms with Crippen molar-refractivity contribution in [2.24, 2.45) is 0 Å². The van der Waals surface area contributed by atoms with Gasteiger partial charge in [-0.25, -0.2) is 0 Å². The van der Waals surface area contributed by atoms with Crippen molar-refractivity contribution in [3.63, 3.8) is 0 Å². The maximum absolute atomic E-state index is 8.24. The normalized spacial score (nSPS) is 28.0. The number of allylic oxidation sites excluding steroid dienone is 2. The summed E-state index contributed by atoms with van der Waals surface area (Å²) in [5.41, 5.74) is 4.85. The molecule has 0 aliphatic carbocycles. The molecule has 0 radical (unpaired) electrons. The molecule has 2 aliphatic rings. The van der Waals surface area contributed by atoms with E-state index in [-0.39, 0.29) is 5.41 Å². The first-order valence-electron chi connectivity index (χ1n) is 9.84. The molecule has 0 spiro atoms. The third kappa shape index (κ3) is 1.96. The fraction of sp³-hybridized carbons (Fsp3) is 0.273. The molecule has 0 fully saturated rings. The van der Waals surface area contributed by atoms with Crippen LogP contribution in [0.3, 0.4) is 0 Å². The molecule has 0 aromatic heterocycles. The predicted molar refractivity (Wildman–Crippen MR) is 101 cm³/mol. The smallest absolute Gasteiger partial charge is 0.107 e. The minimum atomic E-state index is -2.16. The molecule has 0 bridgehead atoms. The van der Waals surface area contributed by atoms with Crippen molar-refractivity contribution in [2.45, 2.75) is 39.2 Å².